The maximum atomic E-state index is 13.6. The Morgan fingerprint density at radius 1 is 1.19 bits per heavy atom. The van der Waals surface area contributed by atoms with Gasteiger partial charge in [0.25, 0.3) is 0 Å². The van der Waals surface area contributed by atoms with Gasteiger partial charge in [0, 0.05) is 19.2 Å². The van der Waals surface area contributed by atoms with Crippen molar-refractivity contribution in [1.82, 2.24) is 4.90 Å². The van der Waals surface area contributed by atoms with Gasteiger partial charge in [0.15, 0.2) is 0 Å². The van der Waals surface area contributed by atoms with Gasteiger partial charge in [0.1, 0.15) is 11.6 Å². The van der Waals surface area contributed by atoms with E-state index in [0.29, 0.717) is 12.1 Å². The highest BCUT2D eigenvalue weighted by Gasteiger charge is 2.18. The summed E-state index contributed by atoms with van der Waals surface area (Å²) in [6.07, 6.45) is 2.29. The molecule has 1 saturated heterocycles. The average molecular weight is 226 g/mol. The molecule has 0 aromatic heterocycles. The molecule has 1 aliphatic heterocycles. The van der Waals surface area contributed by atoms with Gasteiger partial charge in [-0.15, -0.1) is 0 Å². The van der Waals surface area contributed by atoms with Crippen LogP contribution in [-0.4, -0.2) is 25.0 Å². The minimum Gasteiger partial charge on any atom is -0.385 e. The highest BCUT2D eigenvalue weighted by Crippen LogP contribution is 2.25. The first-order valence-corrected chi connectivity index (χ1v) is 5.59. The molecule has 0 unspecified atom stereocenters. The van der Waals surface area contributed by atoms with E-state index in [0.717, 1.165) is 32.0 Å². The van der Waals surface area contributed by atoms with Crippen molar-refractivity contribution in [3.63, 3.8) is 0 Å². The molecule has 2 nitrogen and oxygen atoms in total. The van der Waals surface area contributed by atoms with Gasteiger partial charge in [-0.3, -0.25) is 4.90 Å². The quantitative estimate of drug-likeness (QED) is 0.852. The summed E-state index contributed by atoms with van der Waals surface area (Å²) in [4.78, 5) is 2.15. The van der Waals surface area contributed by atoms with Crippen LogP contribution in [-0.2, 0) is 6.54 Å². The molecule has 1 fully saturated rings. The third kappa shape index (κ3) is 2.16. The first-order valence-electron chi connectivity index (χ1n) is 5.59. The highest BCUT2D eigenvalue weighted by molar-refractivity contribution is 5.52. The lowest BCUT2D eigenvalue weighted by atomic mass is 10.1. The van der Waals surface area contributed by atoms with Crippen molar-refractivity contribution in [2.75, 3.05) is 25.5 Å². The molecule has 0 aliphatic carbocycles. The zero-order valence-corrected chi connectivity index (χ0v) is 9.39. The number of likely N-dealkylation sites (tertiary alicyclic amines) is 1. The Bertz CT molecular complexity index is 374. The molecule has 0 saturated carbocycles. The molecule has 1 aromatic carbocycles. The van der Waals surface area contributed by atoms with Crippen LogP contribution in [0.3, 0.4) is 0 Å². The number of benzene rings is 1. The van der Waals surface area contributed by atoms with Gasteiger partial charge >= 0.3 is 0 Å². The summed E-state index contributed by atoms with van der Waals surface area (Å²) >= 11 is 0. The standard InChI is InChI=1S/C12H16F2N2/c1-15-12-9(8-16-6-2-3-7-16)10(13)4-5-11(12)14/h4-5,15H,2-3,6-8H2,1H3. The summed E-state index contributed by atoms with van der Waals surface area (Å²) in [5.41, 5.74) is 0.719. The van der Waals surface area contributed by atoms with Crippen LogP contribution in [0.25, 0.3) is 0 Å². The minimum atomic E-state index is -0.391. The SMILES string of the molecule is CNc1c(F)ccc(F)c1CN1CCCC1. The van der Waals surface area contributed by atoms with Crippen molar-refractivity contribution in [2.24, 2.45) is 0 Å². The van der Waals surface area contributed by atoms with Crippen LogP contribution >= 0.6 is 0 Å². The average Bonchev–Trinajstić information content (AvgIpc) is 2.77. The molecule has 0 atom stereocenters. The predicted molar refractivity (Wildman–Crippen MR) is 60.4 cm³/mol. The molecule has 0 bridgehead atoms. The van der Waals surface area contributed by atoms with Gasteiger partial charge in [-0.25, -0.2) is 8.78 Å². The van der Waals surface area contributed by atoms with E-state index >= 15 is 0 Å². The van der Waals surface area contributed by atoms with Gasteiger partial charge in [0.2, 0.25) is 0 Å². The molecule has 4 heteroatoms. The monoisotopic (exact) mass is 226 g/mol. The van der Waals surface area contributed by atoms with Crippen molar-refractivity contribution in [3.8, 4) is 0 Å². The Morgan fingerprint density at radius 3 is 2.44 bits per heavy atom. The van der Waals surface area contributed by atoms with E-state index in [1.807, 2.05) is 0 Å². The van der Waals surface area contributed by atoms with Crippen LogP contribution in [0.4, 0.5) is 14.5 Å². The minimum absolute atomic E-state index is 0.284. The predicted octanol–water partition coefficient (Wildman–Crippen LogP) is 2.60. The van der Waals surface area contributed by atoms with Gasteiger partial charge < -0.3 is 5.32 Å². The van der Waals surface area contributed by atoms with Crippen LogP contribution in [0, 0.1) is 11.6 Å². The summed E-state index contributed by atoms with van der Waals surface area (Å²) in [5, 5.41) is 2.74. The molecule has 1 aliphatic rings. The second kappa shape index (κ2) is 4.78. The molecule has 0 radical (unpaired) electrons. The van der Waals surface area contributed by atoms with E-state index in [-0.39, 0.29) is 11.5 Å². The number of nitrogens with zero attached hydrogens (tertiary/aromatic N) is 1. The summed E-state index contributed by atoms with van der Waals surface area (Å²) in [7, 11) is 1.62. The van der Waals surface area contributed by atoms with E-state index in [1.165, 1.54) is 6.07 Å². The fraction of sp³-hybridized carbons (Fsp3) is 0.500. The maximum absolute atomic E-state index is 13.6. The summed E-state index contributed by atoms with van der Waals surface area (Å²) in [5.74, 6) is -0.726. The van der Waals surface area contributed by atoms with Crippen molar-refractivity contribution < 1.29 is 8.78 Å². The summed E-state index contributed by atoms with van der Waals surface area (Å²) in [6.45, 7) is 2.43. The second-order valence-electron chi connectivity index (χ2n) is 4.12. The zero-order chi connectivity index (χ0) is 11.5. The van der Waals surface area contributed by atoms with E-state index < -0.39 is 5.82 Å². The third-order valence-electron chi connectivity index (χ3n) is 3.04. The summed E-state index contributed by atoms with van der Waals surface area (Å²) < 4.78 is 27.1. The molecular weight excluding hydrogens is 210 g/mol. The van der Waals surface area contributed by atoms with Gasteiger partial charge in [-0.2, -0.15) is 0 Å². The molecule has 0 amide bonds. The number of halogens is 2. The number of hydrogen-bond donors (Lipinski definition) is 1. The van der Waals surface area contributed by atoms with E-state index in [4.69, 9.17) is 0 Å². The maximum Gasteiger partial charge on any atom is 0.146 e. The Hall–Kier alpha value is -1.16. The molecule has 2 rings (SSSR count). The first kappa shape index (κ1) is 11.3. The molecule has 1 aromatic rings. The van der Waals surface area contributed by atoms with Crippen molar-refractivity contribution in [3.05, 3.63) is 29.3 Å². The highest BCUT2D eigenvalue weighted by atomic mass is 19.1. The molecule has 0 spiro atoms. The van der Waals surface area contributed by atoms with Crippen molar-refractivity contribution in [2.45, 2.75) is 19.4 Å². The zero-order valence-electron chi connectivity index (χ0n) is 9.39. The normalized spacial score (nSPS) is 16.7. The number of hydrogen-bond acceptors (Lipinski definition) is 2. The molecular formula is C12H16F2N2. The number of rotatable bonds is 3. The van der Waals surface area contributed by atoms with E-state index in [1.54, 1.807) is 7.05 Å². The van der Waals surface area contributed by atoms with Gasteiger partial charge in [0.05, 0.1) is 5.69 Å². The lowest BCUT2D eigenvalue weighted by molar-refractivity contribution is 0.325. The Kier molecular flexibility index (Phi) is 3.39. The van der Waals surface area contributed by atoms with Gasteiger partial charge in [-0.05, 0) is 38.1 Å². The number of anilines is 1. The molecule has 88 valence electrons. The Morgan fingerprint density at radius 2 is 1.81 bits per heavy atom. The van der Waals surface area contributed by atoms with Crippen LogP contribution in [0.15, 0.2) is 12.1 Å². The van der Waals surface area contributed by atoms with Crippen LogP contribution in [0.5, 0.6) is 0 Å². The summed E-state index contributed by atoms with van der Waals surface area (Å²) in [6, 6.07) is 2.36. The smallest absolute Gasteiger partial charge is 0.146 e. The Balaban J connectivity index is 2.26. The fourth-order valence-corrected chi connectivity index (χ4v) is 2.18. The van der Waals surface area contributed by atoms with E-state index in [9.17, 15) is 8.78 Å². The number of nitrogens with one attached hydrogen (secondary N) is 1. The topological polar surface area (TPSA) is 15.3 Å². The largest absolute Gasteiger partial charge is 0.385 e. The lowest BCUT2D eigenvalue weighted by Gasteiger charge is -2.18. The van der Waals surface area contributed by atoms with Crippen molar-refractivity contribution >= 4 is 5.69 Å². The van der Waals surface area contributed by atoms with Crippen LogP contribution < -0.4 is 5.32 Å². The van der Waals surface area contributed by atoms with Crippen molar-refractivity contribution in [1.29, 1.82) is 0 Å². The molecule has 1 N–H and O–H groups in total. The molecule has 16 heavy (non-hydrogen) atoms. The molecule has 1 heterocycles. The lowest BCUT2D eigenvalue weighted by Crippen LogP contribution is -2.20. The van der Waals surface area contributed by atoms with E-state index in [2.05, 4.69) is 10.2 Å². The second-order valence-corrected chi connectivity index (χ2v) is 4.12. The van der Waals surface area contributed by atoms with Gasteiger partial charge in [-0.1, -0.05) is 0 Å². The third-order valence-corrected chi connectivity index (χ3v) is 3.04. The Labute approximate surface area is 94.3 Å². The first-order chi connectivity index (χ1) is 7.72. The fourth-order valence-electron chi connectivity index (χ4n) is 2.18. The van der Waals surface area contributed by atoms with Crippen LogP contribution in [0.2, 0.25) is 0 Å². The van der Waals surface area contributed by atoms with Crippen LogP contribution in [0.1, 0.15) is 18.4 Å².